The molecule has 0 atom stereocenters. The number of aromatic nitrogens is 2. The molecule has 37 heavy (non-hydrogen) atoms. The molecule has 3 aromatic rings. The molecular weight excluding hydrogens is 493 g/mol. The van der Waals surface area contributed by atoms with Crippen LogP contribution in [0.3, 0.4) is 0 Å². The Morgan fingerprint density at radius 2 is 1.81 bits per heavy atom. The average molecular weight is 523 g/mol. The molecule has 1 aromatic heterocycles. The van der Waals surface area contributed by atoms with Crippen LogP contribution in [0.25, 0.3) is 11.1 Å². The lowest BCUT2D eigenvalue weighted by Gasteiger charge is -2.25. The first kappa shape index (κ1) is 29.0. The van der Waals surface area contributed by atoms with Crippen LogP contribution < -0.4 is 14.8 Å². The minimum absolute atomic E-state index is 0.180. The standard InChI is InChI=1S/C23H28N4O3.C2HF3O2/c1-16(2)14-27(15-17-6-5-7-20(10-17)29-3)23(28)26-21-9-8-18(11-22(21)30-4)19-12-24-25-13-19;3-2(4,5)1(6)7/h5-13,16H,14-15H2,1-4H3,(H,24,25)(H,26,28);(H,6,7). The highest BCUT2D eigenvalue weighted by molar-refractivity contribution is 5.91. The van der Waals surface area contributed by atoms with Gasteiger partial charge in [0.1, 0.15) is 11.5 Å². The van der Waals surface area contributed by atoms with Crippen LogP contribution in [0.4, 0.5) is 23.7 Å². The predicted octanol–water partition coefficient (Wildman–Crippen LogP) is 5.42. The summed E-state index contributed by atoms with van der Waals surface area (Å²) in [5, 5.41) is 16.9. The van der Waals surface area contributed by atoms with Crippen LogP contribution in [0, 0.1) is 5.92 Å². The number of ether oxygens (including phenoxy) is 2. The normalized spacial score (nSPS) is 10.8. The van der Waals surface area contributed by atoms with Crippen molar-refractivity contribution in [2.75, 3.05) is 26.1 Å². The number of carboxylic acid groups (broad SMARTS) is 1. The number of urea groups is 1. The highest BCUT2D eigenvalue weighted by Gasteiger charge is 2.38. The molecule has 2 aromatic carbocycles. The minimum atomic E-state index is -5.08. The number of benzene rings is 2. The molecule has 0 spiro atoms. The van der Waals surface area contributed by atoms with Crippen LogP contribution in [0.5, 0.6) is 11.5 Å². The molecule has 0 saturated carbocycles. The summed E-state index contributed by atoms with van der Waals surface area (Å²) in [6.07, 6.45) is -1.53. The van der Waals surface area contributed by atoms with Crippen molar-refractivity contribution in [3.63, 3.8) is 0 Å². The van der Waals surface area contributed by atoms with Gasteiger partial charge in [0.2, 0.25) is 0 Å². The van der Waals surface area contributed by atoms with E-state index in [1.165, 1.54) is 0 Å². The number of rotatable bonds is 8. The van der Waals surface area contributed by atoms with E-state index >= 15 is 0 Å². The summed E-state index contributed by atoms with van der Waals surface area (Å²) >= 11 is 0. The fraction of sp³-hybridized carbons (Fsp3) is 0.320. The first-order valence-electron chi connectivity index (χ1n) is 11.1. The number of anilines is 1. The van der Waals surface area contributed by atoms with Gasteiger partial charge in [-0.25, -0.2) is 9.59 Å². The third-order valence-electron chi connectivity index (χ3n) is 4.90. The van der Waals surface area contributed by atoms with Crippen molar-refractivity contribution in [1.82, 2.24) is 15.1 Å². The molecule has 9 nitrogen and oxygen atoms in total. The summed E-state index contributed by atoms with van der Waals surface area (Å²) in [5.74, 6) is -1.07. The number of hydrogen-bond donors (Lipinski definition) is 3. The molecule has 12 heteroatoms. The van der Waals surface area contributed by atoms with Crippen LogP contribution in [-0.4, -0.2) is 59.1 Å². The highest BCUT2D eigenvalue weighted by Crippen LogP contribution is 2.31. The first-order valence-corrected chi connectivity index (χ1v) is 11.1. The summed E-state index contributed by atoms with van der Waals surface area (Å²) in [6, 6.07) is 13.2. The van der Waals surface area contributed by atoms with Gasteiger partial charge in [-0.3, -0.25) is 5.10 Å². The van der Waals surface area contributed by atoms with Crippen LogP contribution >= 0.6 is 0 Å². The molecule has 0 saturated heterocycles. The van der Waals surface area contributed by atoms with Gasteiger partial charge < -0.3 is 24.8 Å². The molecule has 3 N–H and O–H groups in total. The third kappa shape index (κ3) is 9.06. The zero-order valence-electron chi connectivity index (χ0n) is 20.8. The summed E-state index contributed by atoms with van der Waals surface area (Å²) in [6.45, 7) is 5.29. The van der Waals surface area contributed by atoms with E-state index < -0.39 is 12.1 Å². The van der Waals surface area contributed by atoms with Crippen LogP contribution in [0.2, 0.25) is 0 Å². The summed E-state index contributed by atoms with van der Waals surface area (Å²) in [4.78, 5) is 23.8. The molecule has 0 aliphatic heterocycles. The second-order valence-corrected chi connectivity index (χ2v) is 8.26. The lowest BCUT2D eigenvalue weighted by Crippen LogP contribution is -2.37. The van der Waals surface area contributed by atoms with Crippen molar-refractivity contribution in [1.29, 1.82) is 0 Å². The van der Waals surface area contributed by atoms with E-state index in [4.69, 9.17) is 19.4 Å². The van der Waals surface area contributed by atoms with E-state index in [1.54, 1.807) is 25.3 Å². The van der Waals surface area contributed by atoms with Gasteiger partial charge in [0, 0.05) is 24.8 Å². The molecule has 0 aliphatic carbocycles. The molecule has 0 radical (unpaired) electrons. The lowest BCUT2D eigenvalue weighted by atomic mass is 10.1. The molecule has 0 fully saturated rings. The van der Waals surface area contributed by atoms with E-state index in [1.807, 2.05) is 48.7 Å². The molecule has 1 heterocycles. The second-order valence-electron chi connectivity index (χ2n) is 8.26. The number of nitrogens with one attached hydrogen (secondary N) is 2. The number of carbonyl (C=O) groups excluding carboxylic acids is 1. The van der Waals surface area contributed by atoms with Crippen molar-refractivity contribution < 1.29 is 37.3 Å². The quantitative estimate of drug-likeness (QED) is 0.364. The Bertz CT molecular complexity index is 1170. The molecule has 0 bridgehead atoms. The average Bonchev–Trinajstić information content (AvgIpc) is 3.38. The minimum Gasteiger partial charge on any atom is -0.497 e. The van der Waals surface area contributed by atoms with Crippen molar-refractivity contribution in [2.24, 2.45) is 5.92 Å². The fourth-order valence-corrected chi connectivity index (χ4v) is 3.23. The van der Waals surface area contributed by atoms with E-state index in [0.717, 1.165) is 22.4 Å². The highest BCUT2D eigenvalue weighted by atomic mass is 19.4. The number of halogens is 3. The number of aliphatic carboxylic acids is 1. The van der Waals surface area contributed by atoms with E-state index in [2.05, 4.69) is 29.4 Å². The van der Waals surface area contributed by atoms with E-state index in [-0.39, 0.29) is 6.03 Å². The number of carbonyl (C=O) groups is 2. The van der Waals surface area contributed by atoms with Crippen LogP contribution in [0.1, 0.15) is 19.4 Å². The second kappa shape index (κ2) is 13.2. The Balaban J connectivity index is 0.000000604. The van der Waals surface area contributed by atoms with Gasteiger partial charge in [-0.1, -0.05) is 32.0 Å². The smallest absolute Gasteiger partial charge is 0.490 e. The summed E-state index contributed by atoms with van der Waals surface area (Å²) in [7, 11) is 3.23. The van der Waals surface area contributed by atoms with Gasteiger partial charge in [-0.15, -0.1) is 0 Å². The molecular formula is C25H29F3N4O5. The Kier molecular flexibility index (Phi) is 10.3. The van der Waals surface area contributed by atoms with Crippen molar-refractivity contribution >= 4 is 17.7 Å². The van der Waals surface area contributed by atoms with Gasteiger partial charge in [0.15, 0.2) is 0 Å². The topological polar surface area (TPSA) is 117 Å². The maximum absolute atomic E-state index is 13.1. The van der Waals surface area contributed by atoms with E-state index in [9.17, 15) is 18.0 Å². The van der Waals surface area contributed by atoms with Gasteiger partial charge in [-0.05, 0) is 41.3 Å². The number of carboxylic acids is 1. The van der Waals surface area contributed by atoms with Gasteiger partial charge in [0.05, 0.1) is 26.1 Å². The largest absolute Gasteiger partial charge is 0.497 e. The monoisotopic (exact) mass is 522 g/mol. The molecule has 200 valence electrons. The molecule has 0 aliphatic rings. The van der Waals surface area contributed by atoms with Crippen molar-refractivity contribution in [3.05, 3.63) is 60.4 Å². The summed E-state index contributed by atoms with van der Waals surface area (Å²) in [5.41, 5.74) is 3.53. The Labute approximate surface area is 212 Å². The maximum atomic E-state index is 13.1. The number of alkyl halides is 3. The summed E-state index contributed by atoms with van der Waals surface area (Å²) < 4.78 is 42.6. The number of methoxy groups -OCH3 is 2. The number of aromatic amines is 1. The molecule has 3 rings (SSSR count). The number of H-pyrrole nitrogens is 1. The number of hydrogen-bond acceptors (Lipinski definition) is 5. The third-order valence-corrected chi connectivity index (χ3v) is 4.90. The van der Waals surface area contributed by atoms with Crippen LogP contribution in [0.15, 0.2) is 54.9 Å². The number of amides is 2. The zero-order chi connectivity index (χ0) is 27.6. The number of nitrogens with zero attached hydrogens (tertiary/aromatic N) is 2. The maximum Gasteiger partial charge on any atom is 0.490 e. The first-order chi connectivity index (χ1) is 17.4. The molecule has 2 amide bonds. The Hall–Kier alpha value is -4.22. The Morgan fingerprint density at radius 3 is 2.35 bits per heavy atom. The van der Waals surface area contributed by atoms with Gasteiger partial charge >= 0.3 is 18.2 Å². The predicted molar refractivity (Wildman–Crippen MR) is 132 cm³/mol. The van der Waals surface area contributed by atoms with Crippen molar-refractivity contribution in [3.8, 4) is 22.6 Å². The van der Waals surface area contributed by atoms with Gasteiger partial charge in [0.25, 0.3) is 0 Å². The van der Waals surface area contributed by atoms with Crippen LogP contribution in [-0.2, 0) is 11.3 Å². The zero-order valence-corrected chi connectivity index (χ0v) is 20.8. The fourth-order valence-electron chi connectivity index (χ4n) is 3.23. The Morgan fingerprint density at radius 1 is 1.11 bits per heavy atom. The van der Waals surface area contributed by atoms with Crippen molar-refractivity contribution in [2.45, 2.75) is 26.6 Å². The lowest BCUT2D eigenvalue weighted by molar-refractivity contribution is -0.192. The SMILES string of the molecule is COc1cccc(CN(CC(C)C)C(=O)Nc2ccc(-c3cn[nH]c3)cc2OC)c1.O=C(O)C(F)(F)F. The van der Waals surface area contributed by atoms with E-state index in [0.29, 0.717) is 30.4 Å². The van der Waals surface area contributed by atoms with Gasteiger partial charge in [-0.2, -0.15) is 18.3 Å². The molecule has 0 unspecified atom stereocenters.